The van der Waals surface area contributed by atoms with E-state index in [-0.39, 0.29) is 24.2 Å². The Balaban J connectivity index is 1.50. The molecule has 1 unspecified atom stereocenters. The summed E-state index contributed by atoms with van der Waals surface area (Å²) in [5, 5.41) is 2.84. The molecule has 1 aliphatic rings. The second kappa shape index (κ2) is 6.69. The maximum Gasteiger partial charge on any atom is 0.224 e. The van der Waals surface area contributed by atoms with Crippen LogP contribution in [0.15, 0.2) is 42.5 Å². The first-order valence-corrected chi connectivity index (χ1v) is 7.49. The Hall–Kier alpha value is -2.56. The number of hydrogen-bond acceptors (Lipinski definition) is 3. The summed E-state index contributed by atoms with van der Waals surface area (Å²) in [5.41, 5.74) is 1.76. The molecule has 5 heteroatoms. The van der Waals surface area contributed by atoms with Crippen LogP contribution in [0.2, 0.25) is 0 Å². The smallest absolute Gasteiger partial charge is 0.224 e. The third kappa shape index (κ3) is 3.62. The fourth-order valence-electron chi connectivity index (χ4n) is 2.66. The van der Waals surface area contributed by atoms with E-state index in [1.54, 1.807) is 6.07 Å². The Bertz CT molecular complexity index is 692. The van der Waals surface area contributed by atoms with E-state index in [2.05, 4.69) is 5.32 Å². The van der Waals surface area contributed by atoms with Crippen molar-refractivity contribution in [1.29, 1.82) is 0 Å². The molecule has 0 saturated heterocycles. The maximum atomic E-state index is 13.6. The molecule has 1 N–H and O–H groups in total. The maximum absolute atomic E-state index is 13.6. The number of methoxy groups -OCH3 is 1. The third-order valence-electron chi connectivity index (χ3n) is 3.82. The van der Waals surface area contributed by atoms with Gasteiger partial charge in [-0.3, -0.25) is 4.79 Å². The Kier molecular flexibility index (Phi) is 4.46. The van der Waals surface area contributed by atoms with Crippen molar-refractivity contribution in [3.8, 4) is 11.5 Å². The molecule has 0 fully saturated rings. The first-order chi connectivity index (χ1) is 11.2. The molecule has 4 nitrogen and oxygen atoms in total. The first-order valence-electron chi connectivity index (χ1n) is 7.49. The van der Waals surface area contributed by atoms with Crippen LogP contribution in [-0.4, -0.2) is 25.7 Å². The topological polar surface area (TPSA) is 47.6 Å². The van der Waals surface area contributed by atoms with Crippen molar-refractivity contribution in [3.05, 3.63) is 59.4 Å². The van der Waals surface area contributed by atoms with Gasteiger partial charge in [-0.1, -0.05) is 24.3 Å². The number of ether oxygens (including phenoxy) is 2. The standard InChI is InChI=1S/C18H18FNO3/c1-22-17-7-6-12(8-15(17)19)9-18(21)20-11-14-10-13-4-2-3-5-16(13)23-14/h2-8,14H,9-11H2,1H3,(H,20,21). The molecule has 0 radical (unpaired) electrons. The lowest BCUT2D eigenvalue weighted by atomic mass is 10.1. The minimum atomic E-state index is -0.465. The van der Waals surface area contributed by atoms with Crippen molar-refractivity contribution in [2.45, 2.75) is 18.9 Å². The van der Waals surface area contributed by atoms with E-state index < -0.39 is 5.82 Å². The highest BCUT2D eigenvalue weighted by molar-refractivity contribution is 5.78. The van der Waals surface area contributed by atoms with Crippen molar-refractivity contribution in [2.24, 2.45) is 0 Å². The number of fused-ring (bicyclic) bond motifs is 1. The van der Waals surface area contributed by atoms with Crippen LogP contribution in [0.1, 0.15) is 11.1 Å². The molecule has 0 aliphatic carbocycles. The number of para-hydroxylation sites is 1. The van der Waals surface area contributed by atoms with E-state index in [1.165, 1.54) is 19.2 Å². The van der Waals surface area contributed by atoms with Crippen LogP contribution in [0.5, 0.6) is 11.5 Å². The van der Waals surface area contributed by atoms with Crippen LogP contribution >= 0.6 is 0 Å². The van der Waals surface area contributed by atoms with Gasteiger partial charge in [0.05, 0.1) is 20.1 Å². The zero-order valence-corrected chi connectivity index (χ0v) is 12.8. The summed E-state index contributed by atoms with van der Waals surface area (Å²) in [5.74, 6) is 0.428. The van der Waals surface area contributed by atoms with Gasteiger partial charge in [-0.2, -0.15) is 0 Å². The zero-order valence-electron chi connectivity index (χ0n) is 12.8. The van der Waals surface area contributed by atoms with Gasteiger partial charge in [0, 0.05) is 6.42 Å². The number of halogens is 1. The lowest BCUT2D eigenvalue weighted by Gasteiger charge is -2.12. The van der Waals surface area contributed by atoms with Gasteiger partial charge in [-0.25, -0.2) is 4.39 Å². The number of hydrogen-bond donors (Lipinski definition) is 1. The van der Waals surface area contributed by atoms with Crippen molar-refractivity contribution >= 4 is 5.91 Å². The Morgan fingerprint density at radius 2 is 2.17 bits per heavy atom. The normalized spacial score (nSPS) is 15.7. The monoisotopic (exact) mass is 315 g/mol. The predicted molar refractivity (Wildman–Crippen MR) is 84.2 cm³/mol. The van der Waals surface area contributed by atoms with Gasteiger partial charge in [-0.05, 0) is 29.3 Å². The summed E-state index contributed by atoms with van der Waals surface area (Å²) in [6.07, 6.45) is 0.859. The molecular weight excluding hydrogens is 297 g/mol. The van der Waals surface area contributed by atoms with Gasteiger partial charge in [0.1, 0.15) is 11.9 Å². The third-order valence-corrected chi connectivity index (χ3v) is 3.82. The lowest BCUT2D eigenvalue weighted by Crippen LogP contribution is -2.35. The number of carbonyl (C=O) groups is 1. The van der Waals surface area contributed by atoms with Crippen LogP contribution in [0.3, 0.4) is 0 Å². The van der Waals surface area contributed by atoms with E-state index in [0.717, 1.165) is 17.7 Å². The number of nitrogens with one attached hydrogen (secondary N) is 1. The molecule has 23 heavy (non-hydrogen) atoms. The molecule has 1 atom stereocenters. The van der Waals surface area contributed by atoms with Crippen LogP contribution in [0.25, 0.3) is 0 Å². The molecule has 0 saturated carbocycles. The highest BCUT2D eigenvalue weighted by atomic mass is 19.1. The highest BCUT2D eigenvalue weighted by Crippen LogP contribution is 2.27. The number of amides is 1. The van der Waals surface area contributed by atoms with Gasteiger partial charge in [0.25, 0.3) is 0 Å². The van der Waals surface area contributed by atoms with Crippen molar-refractivity contribution in [2.75, 3.05) is 13.7 Å². The van der Waals surface area contributed by atoms with Gasteiger partial charge < -0.3 is 14.8 Å². The SMILES string of the molecule is COc1ccc(CC(=O)NCC2Cc3ccccc3O2)cc1F. The molecule has 1 aliphatic heterocycles. The molecule has 0 aromatic heterocycles. The average Bonchev–Trinajstić information content (AvgIpc) is 2.96. The van der Waals surface area contributed by atoms with E-state index >= 15 is 0 Å². The fraction of sp³-hybridized carbons (Fsp3) is 0.278. The van der Waals surface area contributed by atoms with Crippen LogP contribution < -0.4 is 14.8 Å². The largest absolute Gasteiger partial charge is 0.494 e. The molecule has 2 aromatic rings. The van der Waals surface area contributed by atoms with Gasteiger partial charge in [0.15, 0.2) is 11.6 Å². The molecule has 0 spiro atoms. The van der Waals surface area contributed by atoms with Gasteiger partial charge in [0.2, 0.25) is 5.91 Å². The predicted octanol–water partition coefficient (Wildman–Crippen LogP) is 2.50. The minimum absolute atomic E-state index is 0.0519. The quantitative estimate of drug-likeness (QED) is 0.922. The van der Waals surface area contributed by atoms with E-state index in [1.807, 2.05) is 24.3 Å². The van der Waals surface area contributed by atoms with E-state index in [9.17, 15) is 9.18 Å². The molecule has 3 rings (SSSR count). The van der Waals surface area contributed by atoms with E-state index in [0.29, 0.717) is 12.1 Å². The Labute approximate surface area is 134 Å². The minimum Gasteiger partial charge on any atom is -0.494 e. The molecule has 1 amide bonds. The molecule has 2 aromatic carbocycles. The van der Waals surface area contributed by atoms with Gasteiger partial charge >= 0.3 is 0 Å². The summed E-state index contributed by atoms with van der Waals surface area (Å²) in [4.78, 5) is 12.0. The second-order valence-electron chi connectivity index (χ2n) is 5.50. The first kappa shape index (κ1) is 15.3. The fourth-order valence-corrected chi connectivity index (χ4v) is 2.66. The molecular formula is C18H18FNO3. The number of rotatable bonds is 5. The lowest BCUT2D eigenvalue weighted by molar-refractivity contribution is -0.120. The van der Waals surface area contributed by atoms with E-state index in [4.69, 9.17) is 9.47 Å². The Morgan fingerprint density at radius 1 is 1.35 bits per heavy atom. The van der Waals surface area contributed by atoms with Crippen LogP contribution in [0.4, 0.5) is 4.39 Å². The van der Waals surface area contributed by atoms with Crippen LogP contribution in [-0.2, 0) is 17.6 Å². The second-order valence-corrected chi connectivity index (χ2v) is 5.50. The van der Waals surface area contributed by atoms with Crippen molar-refractivity contribution in [1.82, 2.24) is 5.32 Å². The van der Waals surface area contributed by atoms with Gasteiger partial charge in [-0.15, -0.1) is 0 Å². The average molecular weight is 315 g/mol. The summed E-state index contributed by atoms with van der Waals surface area (Å²) in [6, 6.07) is 12.4. The number of benzene rings is 2. The molecule has 0 bridgehead atoms. The summed E-state index contributed by atoms with van der Waals surface area (Å²) in [6.45, 7) is 0.437. The summed E-state index contributed by atoms with van der Waals surface area (Å²) in [7, 11) is 1.41. The summed E-state index contributed by atoms with van der Waals surface area (Å²) < 4.78 is 24.2. The number of carbonyl (C=O) groups excluding carboxylic acids is 1. The highest BCUT2D eigenvalue weighted by Gasteiger charge is 2.22. The zero-order chi connectivity index (χ0) is 16.2. The summed E-state index contributed by atoms with van der Waals surface area (Å²) >= 11 is 0. The molecule has 120 valence electrons. The van der Waals surface area contributed by atoms with Crippen LogP contribution in [0, 0.1) is 5.82 Å². The Morgan fingerprint density at radius 3 is 2.91 bits per heavy atom. The van der Waals surface area contributed by atoms with Crippen molar-refractivity contribution < 1.29 is 18.7 Å². The molecule has 1 heterocycles. The van der Waals surface area contributed by atoms with Crippen molar-refractivity contribution in [3.63, 3.8) is 0 Å².